The molecule has 0 bridgehead atoms. The van der Waals surface area contributed by atoms with Crippen LogP contribution in [0, 0.1) is 0 Å². The molecule has 0 saturated heterocycles. The lowest BCUT2D eigenvalue weighted by Gasteiger charge is -2.09. The van der Waals surface area contributed by atoms with Gasteiger partial charge in [-0.3, -0.25) is 0 Å². The summed E-state index contributed by atoms with van der Waals surface area (Å²) in [5, 5.41) is 0.549. The summed E-state index contributed by atoms with van der Waals surface area (Å²) in [6, 6.07) is 5.33. The molecular weight excluding hydrogens is 342 g/mol. The number of alkyl halides is 1. The average molecular weight is 357 g/mol. The second-order valence-corrected chi connectivity index (χ2v) is 4.43. The molecule has 0 atom stereocenters. The summed E-state index contributed by atoms with van der Waals surface area (Å²) in [5.74, 6) is 1.37. The van der Waals surface area contributed by atoms with Crippen LogP contribution in [0.5, 0.6) is 11.5 Å². The van der Waals surface area contributed by atoms with Gasteiger partial charge in [-0.15, -0.1) is 0 Å². The molecule has 1 aromatic carbocycles. The van der Waals surface area contributed by atoms with Crippen molar-refractivity contribution in [3.05, 3.63) is 23.2 Å². The smallest absolute Gasteiger partial charge is 0.138 e. The van der Waals surface area contributed by atoms with Crippen LogP contribution in [0.4, 0.5) is 0 Å². The van der Waals surface area contributed by atoms with Gasteiger partial charge in [0, 0.05) is 10.5 Å². The van der Waals surface area contributed by atoms with Gasteiger partial charge in [-0.05, 0) is 12.1 Å². The van der Waals surface area contributed by atoms with E-state index in [0.717, 1.165) is 16.8 Å². The van der Waals surface area contributed by atoms with E-state index < -0.39 is 0 Å². The Bertz CT molecular complexity index is 320. The fourth-order valence-corrected chi connectivity index (χ4v) is 1.63. The lowest BCUT2D eigenvalue weighted by molar-refractivity contribution is 0.113. The highest BCUT2D eigenvalue weighted by atomic mass is 127. The SMILES string of the molecule is COc1ccc(OCCOCCI)c(Cl)c1. The Morgan fingerprint density at radius 3 is 2.69 bits per heavy atom. The monoisotopic (exact) mass is 356 g/mol. The molecule has 0 aliphatic carbocycles. The third-order valence-corrected chi connectivity index (χ3v) is 2.58. The first-order chi connectivity index (χ1) is 7.77. The molecular formula is C11H14ClIO3. The number of methoxy groups -OCH3 is 1. The van der Waals surface area contributed by atoms with E-state index in [4.69, 9.17) is 25.8 Å². The third kappa shape index (κ3) is 4.76. The molecule has 1 rings (SSSR count). The Labute approximate surface area is 114 Å². The van der Waals surface area contributed by atoms with Crippen LogP contribution >= 0.6 is 34.2 Å². The van der Waals surface area contributed by atoms with Crippen LogP contribution in [0.1, 0.15) is 0 Å². The van der Waals surface area contributed by atoms with E-state index in [2.05, 4.69) is 22.6 Å². The van der Waals surface area contributed by atoms with Gasteiger partial charge in [-0.25, -0.2) is 0 Å². The second kappa shape index (κ2) is 7.97. The van der Waals surface area contributed by atoms with Crippen LogP contribution in [0.15, 0.2) is 18.2 Å². The van der Waals surface area contributed by atoms with E-state index in [0.29, 0.717) is 24.0 Å². The highest BCUT2D eigenvalue weighted by Gasteiger charge is 2.02. The van der Waals surface area contributed by atoms with E-state index in [9.17, 15) is 0 Å². The molecule has 0 spiro atoms. The molecule has 1 aromatic rings. The average Bonchev–Trinajstić information content (AvgIpc) is 2.30. The number of rotatable bonds is 7. The van der Waals surface area contributed by atoms with E-state index in [1.807, 2.05) is 6.07 Å². The molecule has 0 fully saturated rings. The van der Waals surface area contributed by atoms with Gasteiger partial charge in [0.2, 0.25) is 0 Å². The molecule has 3 nitrogen and oxygen atoms in total. The summed E-state index contributed by atoms with van der Waals surface area (Å²) >= 11 is 8.26. The topological polar surface area (TPSA) is 27.7 Å². The normalized spacial score (nSPS) is 10.2. The lowest BCUT2D eigenvalue weighted by Crippen LogP contribution is -2.08. The summed E-state index contributed by atoms with van der Waals surface area (Å²) in [5.41, 5.74) is 0. The molecule has 0 heterocycles. The Kier molecular flexibility index (Phi) is 6.91. The van der Waals surface area contributed by atoms with Crippen molar-refractivity contribution in [2.24, 2.45) is 0 Å². The maximum absolute atomic E-state index is 6.00. The van der Waals surface area contributed by atoms with Gasteiger partial charge in [-0.2, -0.15) is 0 Å². The van der Waals surface area contributed by atoms with Gasteiger partial charge in [0.15, 0.2) is 0 Å². The molecule has 16 heavy (non-hydrogen) atoms. The zero-order chi connectivity index (χ0) is 11.8. The molecule has 0 aromatic heterocycles. The van der Waals surface area contributed by atoms with Crippen molar-refractivity contribution in [3.8, 4) is 11.5 Å². The van der Waals surface area contributed by atoms with Crippen molar-refractivity contribution in [3.63, 3.8) is 0 Å². The predicted molar refractivity (Wildman–Crippen MR) is 73.2 cm³/mol. The fraction of sp³-hybridized carbons (Fsp3) is 0.455. The van der Waals surface area contributed by atoms with Gasteiger partial charge in [0.25, 0.3) is 0 Å². The van der Waals surface area contributed by atoms with Gasteiger partial charge >= 0.3 is 0 Å². The zero-order valence-corrected chi connectivity index (χ0v) is 12.0. The van der Waals surface area contributed by atoms with Crippen LogP contribution in [0.3, 0.4) is 0 Å². The Hall–Kier alpha value is -0.200. The van der Waals surface area contributed by atoms with Gasteiger partial charge < -0.3 is 14.2 Å². The zero-order valence-electron chi connectivity index (χ0n) is 9.04. The maximum atomic E-state index is 6.00. The molecule has 0 aliphatic heterocycles. The van der Waals surface area contributed by atoms with Crippen LogP contribution in [-0.4, -0.2) is 31.4 Å². The second-order valence-electron chi connectivity index (χ2n) is 2.95. The summed E-state index contributed by atoms with van der Waals surface area (Å²) in [7, 11) is 1.60. The van der Waals surface area contributed by atoms with Gasteiger partial charge in [0.1, 0.15) is 18.1 Å². The van der Waals surface area contributed by atoms with E-state index in [-0.39, 0.29) is 0 Å². The van der Waals surface area contributed by atoms with Crippen molar-refractivity contribution in [1.82, 2.24) is 0 Å². The number of hydrogen-bond acceptors (Lipinski definition) is 3. The molecule has 0 aliphatic rings. The fourth-order valence-electron chi connectivity index (χ4n) is 1.09. The standard InChI is InChI=1S/C11H14ClIO3/c1-14-9-2-3-11(10(12)8-9)16-7-6-15-5-4-13/h2-3,8H,4-7H2,1H3. The van der Waals surface area contributed by atoms with Gasteiger partial charge in [0.05, 0.1) is 25.3 Å². The van der Waals surface area contributed by atoms with Gasteiger partial charge in [-0.1, -0.05) is 34.2 Å². The number of benzene rings is 1. The summed E-state index contributed by atoms with van der Waals surface area (Å²) < 4.78 is 16.8. The first-order valence-corrected chi connectivity index (χ1v) is 6.78. The highest BCUT2D eigenvalue weighted by Crippen LogP contribution is 2.28. The minimum absolute atomic E-state index is 0.503. The van der Waals surface area contributed by atoms with Crippen molar-refractivity contribution in [2.75, 3.05) is 31.4 Å². The number of hydrogen-bond donors (Lipinski definition) is 0. The first kappa shape index (κ1) is 13.9. The van der Waals surface area contributed by atoms with Crippen molar-refractivity contribution >= 4 is 34.2 Å². The number of ether oxygens (including phenoxy) is 3. The van der Waals surface area contributed by atoms with E-state index >= 15 is 0 Å². The molecule has 0 saturated carbocycles. The highest BCUT2D eigenvalue weighted by molar-refractivity contribution is 14.1. The summed E-state index contributed by atoms with van der Waals surface area (Å²) in [6.45, 7) is 1.83. The first-order valence-electron chi connectivity index (χ1n) is 4.88. The van der Waals surface area contributed by atoms with E-state index in [1.54, 1.807) is 19.2 Å². The molecule has 5 heteroatoms. The predicted octanol–water partition coefficient (Wildman–Crippen LogP) is 3.18. The Balaban J connectivity index is 2.36. The minimum Gasteiger partial charge on any atom is -0.497 e. The molecule has 0 unspecified atom stereocenters. The number of halogens is 2. The van der Waals surface area contributed by atoms with Crippen LogP contribution in [0.25, 0.3) is 0 Å². The molecule has 0 amide bonds. The minimum atomic E-state index is 0.503. The largest absolute Gasteiger partial charge is 0.497 e. The maximum Gasteiger partial charge on any atom is 0.138 e. The quantitative estimate of drug-likeness (QED) is 0.427. The Morgan fingerprint density at radius 2 is 2.06 bits per heavy atom. The lowest BCUT2D eigenvalue weighted by atomic mass is 10.3. The van der Waals surface area contributed by atoms with Crippen molar-refractivity contribution in [1.29, 1.82) is 0 Å². The van der Waals surface area contributed by atoms with Crippen LogP contribution < -0.4 is 9.47 Å². The summed E-state index contributed by atoms with van der Waals surface area (Å²) in [4.78, 5) is 0. The summed E-state index contributed by atoms with van der Waals surface area (Å²) in [6.07, 6.45) is 0. The molecule has 90 valence electrons. The van der Waals surface area contributed by atoms with Crippen LogP contribution in [-0.2, 0) is 4.74 Å². The van der Waals surface area contributed by atoms with Crippen molar-refractivity contribution < 1.29 is 14.2 Å². The molecule has 0 N–H and O–H groups in total. The third-order valence-electron chi connectivity index (χ3n) is 1.85. The van der Waals surface area contributed by atoms with E-state index in [1.165, 1.54) is 0 Å². The van der Waals surface area contributed by atoms with Crippen LogP contribution in [0.2, 0.25) is 5.02 Å². The molecule has 0 radical (unpaired) electrons. The van der Waals surface area contributed by atoms with Crippen molar-refractivity contribution in [2.45, 2.75) is 0 Å². The Morgan fingerprint density at radius 1 is 1.25 bits per heavy atom.